The van der Waals surface area contributed by atoms with Gasteiger partial charge in [0.25, 0.3) is 0 Å². The van der Waals surface area contributed by atoms with E-state index in [2.05, 4.69) is 9.82 Å². The number of alkyl halides is 7. The van der Waals surface area contributed by atoms with Crippen molar-refractivity contribution in [2.75, 3.05) is 0 Å². The van der Waals surface area contributed by atoms with Crippen molar-refractivity contribution in [3.8, 4) is 0 Å². The lowest BCUT2D eigenvalue weighted by atomic mass is 10.1. The summed E-state index contributed by atoms with van der Waals surface area (Å²) in [6.45, 7) is 0. The van der Waals surface area contributed by atoms with Crippen molar-refractivity contribution in [1.29, 1.82) is 0 Å². The minimum absolute atomic E-state index is 0.155. The van der Waals surface area contributed by atoms with Crippen molar-refractivity contribution in [3.05, 3.63) is 18.7 Å². The molecule has 102 valence electrons. The summed E-state index contributed by atoms with van der Waals surface area (Å²) in [5.41, 5.74) is 0. The minimum Gasteiger partial charge on any atom is -0.329 e. The fourth-order valence-electron chi connectivity index (χ4n) is 0.760. The molecular weight excluding hydrogens is 277 g/mol. The SMILES string of the molecule is O=C(On1ccnc1)C(F)(F)C(F)(F)C(F)(F)F. The van der Waals surface area contributed by atoms with E-state index in [1.165, 1.54) is 0 Å². The van der Waals surface area contributed by atoms with Crippen LogP contribution in [0, 0.1) is 0 Å². The van der Waals surface area contributed by atoms with E-state index in [0.717, 1.165) is 12.4 Å². The molecule has 18 heavy (non-hydrogen) atoms. The zero-order valence-corrected chi connectivity index (χ0v) is 8.09. The molecule has 0 aliphatic heterocycles. The number of hydrogen-bond acceptors (Lipinski definition) is 3. The highest BCUT2D eigenvalue weighted by atomic mass is 19.4. The Morgan fingerprint density at radius 1 is 1.11 bits per heavy atom. The maximum Gasteiger partial charge on any atom is 0.460 e. The van der Waals surface area contributed by atoms with Crippen molar-refractivity contribution in [1.82, 2.24) is 9.71 Å². The topological polar surface area (TPSA) is 44.1 Å². The first-order valence-corrected chi connectivity index (χ1v) is 4.03. The van der Waals surface area contributed by atoms with E-state index < -0.39 is 24.0 Å². The Balaban J connectivity index is 2.96. The van der Waals surface area contributed by atoms with E-state index in [9.17, 15) is 35.5 Å². The van der Waals surface area contributed by atoms with Crippen LogP contribution in [-0.4, -0.2) is 33.7 Å². The number of imidazole rings is 1. The lowest BCUT2D eigenvalue weighted by Gasteiger charge is -2.25. The monoisotopic (exact) mass is 280 g/mol. The molecule has 0 N–H and O–H groups in total. The molecular formula is C7H3F7N2O2. The van der Waals surface area contributed by atoms with Crippen LogP contribution in [0.3, 0.4) is 0 Å². The van der Waals surface area contributed by atoms with Crippen LogP contribution in [0.15, 0.2) is 18.7 Å². The molecule has 0 saturated heterocycles. The van der Waals surface area contributed by atoms with E-state index in [1.54, 1.807) is 0 Å². The van der Waals surface area contributed by atoms with E-state index in [0.29, 0.717) is 6.33 Å². The summed E-state index contributed by atoms with van der Waals surface area (Å²) in [6, 6.07) is 0. The number of aromatic nitrogens is 2. The van der Waals surface area contributed by atoms with Gasteiger partial charge in [-0.15, -0.1) is 0 Å². The minimum atomic E-state index is -6.59. The summed E-state index contributed by atoms with van der Waals surface area (Å²) < 4.78 is 85.5. The molecule has 0 radical (unpaired) electrons. The average Bonchev–Trinajstić information content (AvgIpc) is 2.68. The zero-order valence-electron chi connectivity index (χ0n) is 8.09. The van der Waals surface area contributed by atoms with Gasteiger partial charge in [0.05, 0.1) is 6.20 Å². The lowest BCUT2D eigenvalue weighted by molar-refractivity contribution is -0.348. The van der Waals surface area contributed by atoms with Crippen LogP contribution < -0.4 is 4.84 Å². The third-order valence-corrected chi connectivity index (χ3v) is 1.68. The molecule has 0 unspecified atom stereocenters. The number of carbonyl (C=O) groups is 1. The summed E-state index contributed by atoms with van der Waals surface area (Å²) in [7, 11) is 0. The van der Waals surface area contributed by atoms with Gasteiger partial charge in [0, 0.05) is 6.20 Å². The molecule has 0 amide bonds. The molecule has 1 aromatic rings. The predicted molar refractivity (Wildman–Crippen MR) is 39.8 cm³/mol. The molecule has 0 fully saturated rings. The van der Waals surface area contributed by atoms with Crippen LogP contribution in [0.4, 0.5) is 30.7 Å². The van der Waals surface area contributed by atoms with Gasteiger partial charge in [0.1, 0.15) is 6.33 Å². The number of nitrogens with zero attached hydrogens (tertiary/aromatic N) is 2. The van der Waals surface area contributed by atoms with Crippen LogP contribution in [-0.2, 0) is 4.79 Å². The number of halogens is 7. The largest absolute Gasteiger partial charge is 0.460 e. The highest BCUT2D eigenvalue weighted by Gasteiger charge is 2.77. The summed E-state index contributed by atoms with van der Waals surface area (Å²) in [5, 5.41) is 0. The molecule has 0 aromatic carbocycles. The van der Waals surface area contributed by atoms with Crippen molar-refractivity contribution in [2.24, 2.45) is 0 Å². The Bertz CT molecular complexity index is 426. The predicted octanol–water partition coefficient (Wildman–Crippen LogP) is 1.67. The standard InChI is InChI=1S/C7H3F7N2O2/c8-5(9,6(10,11)7(12,13)14)4(17)18-16-2-1-15-3-16/h1-3H. The molecule has 4 nitrogen and oxygen atoms in total. The first-order valence-electron chi connectivity index (χ1n) is 4.03. The van der Waals surface area contributed by atoms with Gasteiger partial charge in [-0.2, -0.15) is 35.5 Å². The second-order valence-electron chi connectivity index (χ2n) is 2.95. The van der Waals surface area contributed by atoms with Crippen LogP contribution in [0.25, 0.3) is 0 Å². The van der Waals surface area contributed by atoms with Gasteiger partial charge in [-0.3, -0.25) is 0 Å². The van der Waals surface area contributed by atoms with E-state index >= 15 is 0 Å². The normalized spacial score (nSPS) is 13.5. The van der Waals surface area contributed by atoms with Crippen molar-refractivity contribution in [3.63, 3.8) is 0 Å². The fourth-order valence-corrected chi connectivity index (χ4v) is 0.760. The Kier molecular flexibility index (Phi) is 3.28. The van der Waals surface area contributed by atoms with Crippen molar-refractivity contribution in [2.45, 2.75) is 18.0 Å². The maximum atomic E-state index is 12.7. The average molecular weight is 280 g/mol. The molecule has 0 spiro atoms. The first-order chi connectivity index (χ1) is 8.00. The Hall–Kier alpha value is -1.81. The Labute approximate surface area is 93.9 Å². The van der Waals surface area contributed by atoms with Gasteiger partial charge in [-0.05, 0) is 0 Å². The number of rotatable bonds is 3. The van der Waals surface area contributed by atoms with E-state index in [-0.39, 0.29) is 4.73 Å². The maximum absolute atomic E-state index is 12.7. The van der Waals surface area contributed by atoms with Gasteiger partial charge >= 0.3 is 24.0 Å². The molecule has 1 rings (SSSR count). The van der Waals surface area contributed by atoms with Crippen molar-refractivity contribution >= 4 is 5.97 Å². The third-order valence-electron chi connectivity index (χ3n) is 1.68. The molecule has 0 atom stereocenters. The molecule has 0 bridgehead atoms. The summed E-state index contributed by atoms with van der Waals surface area (Å²) in [5.74, 6) is -15.7. The van der Waals surface area contributed by atoms with Crippen LogP contribution >= 0.6 is 0 Å². The van der Waals surface area contributed by atoms with Crippen LogP contribution in [0.2, 0.25) is 0 Å². The van der Waals surface area contributed by atoms with E-state index in [4.69, 9.17) is 0 Å². The van der Waals surface area contributed by atoms with Crippen LogP contribution in [0.5, 0.6) is 0 Å². The Morgan fingerprint density at radius 3 is 2.06 bits per heavy atom. The molecule has 0 aliphatic rings. The van der Waals surface area contributed by atoms with Gasteiger partial charge in [0.2, 0.25) is 0 Å². The summed E-state index contributed by atoms with van der Waals surface area (Å²) in [4.78, 5) is 17.4. The van der Waals surface area contributed by atoms with Gasteiger partial charge in [-0.25, -0.2) is 9.78 Å². The smallest absolute Gasteiger partial charge is 0.329 e. The van der Waals surface area contributed by atoms with Gasteiger partial charge in [-0.1, -0.05) is 0 Å². The molecule has 0 saturated carbocycles. The third kappa shape index (κ3) is 2.24. The summed E-state index contributed by atoms with van der Waals surface area (Å²) in [6.07, 6.45) is -4.31. The highest BCUT2D eigenvalue weighted by molar-refractivity contribution is 5.79. The van der Waals surface area contributed by atoms with Crippen LogP contribution in [0.1, 0.15) is 0 Å². The van der Waals surface area contributed by atoms with Gasteiger partial charge < -0.3 is 4.84 Å². The molecule has 1 heterocycles. The highest BCUT2D eigenvalue weighted by Crippen LogP contribution is 2.46. The Morgan fingerprint density at radius 2 is 1.67 bits per heavy atom. The fraction of sp³-hybridized carbons (Fsp3) is 0.429. The van der Waals surface area contributed by atoms with Crippen molar-refractivity contribution < 1.29 is 40.4 Å². The quantitative estimate of drug-likeness (QED) is 0.791. The molecule has 0 aliphatic carbocycles. The number of carbonyl (C=O) groups excluding carboxylic acids is 1. The molecule has 11 heteroatoms. The first kappa shape index (κ1) is 14.3. The van der Waals surface area contributed by atoms with Gasteiger partial charge in [0.15, 0.2) is 0 Å². The summed E-state index contributed by atoms with van der Waals surface area (Å²) >= 11 is 0. The van der Waals surface area contributed by atoms with E-state index in [1.807, 2.05) is 0 Å². The molecule has 1 aromatic heterocycles. The number of hydrogen-bond donors (Lipinski definition) is 0. The second-order valence-corrected chi connectivity index (χ2v) is 2.95. The lowest BCUT2D eigenvalue weighted by Crippen LogP contribution is -2.58. The second kappa shape index (κ2) is 4.14. The zero-order chi connectivity index (χ0) is 14.2.